The molecule has 82 valence electrons. The van der Waals surface area contributed by atoms with Crippen LogP contribution in [0.4, 0.5) is 11.5 Å². The highest BCUT2D eigenvalue weighted by atomic mass is 35.5. The van der Waals surface area contributed by atoms with Crippen LogP contribution >= 0.6 is 34.8 Å². The van der Waals surface area contributed by atoms with Crippen molar-refractivity contribution < 1.29 is 0 Å². The molecule has 0 aliphatic carbocycles. The van der Waals surface area contributed by atoms with Gasteiger partial charge in [-0.15, -0.1) is 0 Å². The number of hydrogen-bond acceptors (Lipinski definition) is 2. The Morgan fingerprint density at radius 1 is 1.00 bits per heavy atom. The van der Waals surface area contributed by atoms with Gasteiger partial charge in [0.2, 0.25) is 0 Å². The minimum Gasteiger partial charge on any atom is -0.339 e. The van der Waals surface area contributed by atoms with Crippen molar-refractivity contribution in [1.29, 1.82) is 0 Å². The van der Waals surface area contributed by atoms with Crippen molar-refractivity contribution in [1.82, 2.24) is 4.98 Å². The minimum absolute atomic E-state index is 0.420. The third-order valence-electron chi connectivity index (χ3n) is 1.91. The molecule has 1 N–H and O–H groups in total. The van der Waals surface area contributed by atoms with E-state index in [-0.39, 0.29) is 0 Å². The van der Waals surface area contributed by atoms with E-state index in [0.717, 1.165) is 0 Å². The number of anilines is 2. The second kappa shape index (κ2) is 4.91. The van der Waals surface area contributed by atoms with E-state index in [4.69, 9.17) is 34.8 Å². The number of pyridine rings is 1. The average Bonchev–Trinajstić information content (AvgIpc) is 2.24. The Balaban J connectivity index is 2.30. The lowest BCUT2D eigenvalue weighted by atomic mass is 10.3. The molecule has 0 atom stereocenters. The maximum Gasteiger partial charge on any atom is 0.132 e. The number of rotatable bonds is 2. The van der Waals surface area contributed by atoms with Crippen molar-refractivity contribution in [2.45, 2.75) is 0 Å². The van der Waals surface area contributed by atoms with Crippen molar-refractivity contribution in [3.63, 3.8) is 0 Å². The topological polar surface area (TPSA) is 24.9 Å². The summed E-state index contributed by atoms with van der Waals surface area (Å²) in [5.74, 6) is 0.622. The lowest BCUT2D eigenvalue weighted by molar-refractivity contribution is 1.31. The third-order valence-corrected chi connectivity index (χ3v) is 2.68. The Morgan fingerprint density at radius 2 is 1.81 bits per heavy atom. The van der Waals surface area contributed by atoms with Gasteiger partial charge < -0.3 is 5.32 Å². The lowest BCUT2D eigenvalue weighted by Gasteiger charge is -2.07. The summed E-state index contributed by atoms with van der Waals surface area (Å²) >= 11 is 17.6. The van der Waals surface area contributed by atoms with Crippen molar-refractivity contribution >= 4 is 46.3 Å². The summed E-state index contributed by atoms with van der Waals surface area (Å²) in [6.07, 6.45) is 0. The first-order valence-electron chi connectivity index (χ1n) is 4.50. The summed E-state index contributed by atoms with van der Waals surface area (Å²) in [4.78, 5) is 4.09. The molecule has 1 aromatic heterocycles. The van der Waals surface area contributed by atoms with E-state index in [1.807, 2.05) is 0 Å². The van der Waals surface area contributed by atoms with Gasteiger partial charge in [-0.3, -0.25) is 0 Å². The molecule has 1 heterocycles. The maximum atomic E-state index is 6.00. The molecule has 0 fully saturated rings. The van der Waals surface area contributed by atoms with E-state index in [1.165, 1.54) is 0 Å². The van der Waals surface area contributed by atoms with E-state index in [9.17, 15) is 0 Å². The van der Waals surface area contributed by atoms with Gasteiger partial charge in [-0.05, 0) is 30.3 Å². The molecule has 0 saturated carbocycles. The van der Waals surface area contributed by atoms with Gasteiger partial charge in [-0.25, -0.2) is 4.98 Å². The van der Waals surface area contributed by atoms with Gasteiger partial charge in [0.25, 0.3) is 0 Å². The fraction of sp³-hybridized carbons (Fsp3) is 0. The molecule has 0 amide bonds. The molecule has 0 spiro atoms. The molecule has 2 aromatic rings. The van der Waals surface area contributed by atoms with Gasteiger partial charge >= 0.3 is 0 Å². The van der Waals surface area contributed by atoms with Crippen LogP contribution in [0.15, 0.2) is 36.4 Å². The van der Waals surface area contributed by atoms with Crippen LogP contribution in [-0.4, -0.2) is 4.98 Å². The van der Waals surface area contributed by atoms with Crippen LogP contribution in [-0.2, 0) is 0 Å². The van der Waals surface area contributed by atoms with Crippen LogP contribution in [0.1, 0.15) is 0 Å². The van der Waals surface area contributed by atoms with E-state index < -0.39 is 0 Å². The van der Waals surface area contributed by atoms with Gasteiger partial charge in [0, 0.05) is 5.02 Å². The van der Waals surface area contributed by atoms with Crippen LogP contribution in [0.5, 0.6) is 0 Å². The lowest BCUT2D eigenvalue weighted by Crippen LogP contribution is -1.93. The summed E-state index contributed by atoms with van der Waals surface area (Å²) in [5, 5.41) is 4.64. The zero-order chi connectivity index (χ0) is 11.5. The van der Waals surface area contributed by atoms with Crippen molar-refractivity contribution in [2.75, 3.05) is 5.32 Å². The molecule has 0 saturated heterocycles. The normalized spacial score (nSPS) is 10.2. The van der Waals surface area contributed by atoms with E-state index >= 15 is 0 Å². The second-order valence-electron chi connectivity index (χ2n) is 3.09. The monoisotopic (exact) mass is 272 g/mol. The highest BCUT2D eigenvalue weighted by molar-refractivity contribution is 6.35. The van der Waals surface area contributed by atoms with E-state index in [1.54, 1.807) is 36.4 Å². The number of hydrogen-bond donors (Lipinski definition) is 1. The summed E-state index contributed by atoms with van der Waals surface area (Å²) < 4.78 is 0. The van der Waals surface area contributed by atoms with Crippen molar-refractivity contribution in [3.05, 3.63) is 51.6 Å². The fourth-order valence-corrected chi connectivity index (χ4v) is 1.71. The van der Waals surface area contributed by atoms with Gasteiger partial charge in [0.1, 0.15) is 11.0 Å². The first-order chi connectivity index (χ1) is 7.65. The summed E-state index contributed by atoms with van der Waals surface area (Å²) in [6, 6.07) is 10.5. The standard InChI is InChI=1S/C11H7Cl3N2/c12-7-4-5-8(13)9(6-7)15-11-3-1-2-10(14)16-11/h1-6H,(H,15,16). The molecule has 0 radical (unpaired) electrons. The summed E-state index contributed by atoms with van der Waals surface area (Å²) in [6.45, 7) is 0. The molecular weight excluding hydrogens is 266 g/mol. The molecule has 5 heteroatoms. The average molecular weight is 274 g/mol. The Bertz CT molecular complexity index is 514. The predicted octanol–water partition coefficient (Wildman–Crippen LogP) is 4.79. The Labute approximate surface area is 108 Å². The van der Waals surface area contributed by atoms with Gasteiger partial charge in [-0.1, -0.05) is 40.9 Å². The second-order valence-corrected chi connectivity index (χ2v) is 4.33. The van der Waals surface area contributed by atoms with Crippen LogP contribution in [0.2, 0.25) is 15.2 Å². The van der Waals surface area contributed by atoms with Gasteiger partial charge in [0.15, 0.2) is 0 Å². The molecule has 2 rings (SSSR count). The molecule has 0 unspecified atom stereocenters. The Kier molecular flexibility index (Phi) is 3.54. The quantitative estimate of drug-likeness (QED) is 0.796. The highest BCUT2D eigenvalue weighted by Crippen LogP contribution is 2.28. The van der Waals surface area contributed by atoms with E-state index in [2.05, 4.69) is 10.3 Å². The molecule has 16 heavy (non-hydrogen) atoms. The number of nitrogens with zero attached hydrogens (tertiary/aromatic N) is 1. The SMILES string of the molecule is Clc1ccc(Cl)c(Nc2cccc(Cl)n2)c1. The van der Waals surface area contributed by atoms with Gasteiger partial charge in [-0.2, -0.15) is 0 Å². The zero-order valence-electron chi connectivity index (χ0n) is 8.05. The molecule has 0 bridgehead atoms. The zero-order valence-corrected chi connectivity index (χ0v) is 10.3. The molecule has 0 aliphatic heterocycles. The number of halogens is 3. The number of aromatic nitrogens is 1. The number of benzene rings is 1. The summed E-state index contributed by atoms with van der Waals surface area (Å²) in [7, 11) is 0. The Morgan fingerprint density at radius 3 is 2.56 bits per heavy atom. The van der Waals surface area contributed by atoms with Gasteiger partial charge in [0.05, 0.1) is 10.7 Å². The van der Waals surface area contributed by atoms with Crippen molar-refractivity contribution in [3.8, 4) is 0 Å². The first kappa shape index (κ1) is 11.5. The molecule has 2 nitrogen and oxygen atoms in total. The maximum absolute atomic E-state index is 6.00. The third kappa shape index (κ3) is 2.79. The van der Waals surface area contributed by atoms with Crippen LogP contribution < -0.4 is 5.32 Å². The van der Waals surface area contributed by atoms with Crippen LogP contribution in [0.25, 0.3) is 0 Å². The smallest absolute Gasteiger partial charge is 0.132 e. The number of nitrogens with one attached hydrogen (secondary N) is 1. The van der Waals surface area contributed by atoms with Crippen LogP contribution in [0.3, 0.4) is 0 Å². The molecule has 1 aromatic carbocycles. The largest absolute Gasteiger partial charge is 0.339 e. The first-order valence-corrected chi connectivity index (χ1v) is 5.63. The molecular formula is C11H7Cl3N2. The molecule has 0 aliphatic rings. The summed E-state index contributed by atoms with van der Waals surface area (Å²) in [5.41, 5.74) is 0.698. The van der Waals surface area contributed by atoms with E-state index in [0.29, 0.717) is 26.7 Å². The Hall–Kier alpha value is -0.960. The minimum atomic E-state index is 0.420. The highest BCUT2D eigenvalue weighted by Gasteiger charge is 2.02. The predicted molar refractivity (Wildman–Crippen MR) is 69.0 cm³/mol. The fourth-order valence-electron chi connectivity index (χ4n) is 1.21. The van der Waals surface area contributed by atoms with Crippen molar-refractivity contribution in [2.24, 2.45) is 0 Å². The van der Waals surface area contributed by atoms with Crippen LogP contribution in [0, 0.1) is 0 Å².